The first-order chi connectivity index (χ1) is 20.5. The molecule has 1 aromatic heterocycles. The predicted molar refractivity (Wildman–Crippen MR) is 156 cm³/mol. The van der Waals surface area contributed by atoms with E-state index in [1.807, 2.05) is 13.8 Å². The first-order valence-corrected chi connectivity index (χ1v) is 13.9. The van der Waals surface area contributed by atoms with Crippen molar-refractivity contribution in [1.82, 2.24) is 4.98 Å². The van der Waals surface area contributed by atoms with Crippen LogP contribution in [0.2, 0.25) is 0 Å². The van der Waals surface area contributed by atoms with Gasteiger partial charge in [0.15, 0.2) is 11.6 Å². The van der Waals surface area contributed by atoms with Crippen LogP contribution in [0.1, 0.15) is 59.6 Å². The number of phenolic OH excluding ortho intramolecular Hbond substituents is 1. The van der Waals surface area contributed by atoms with Gasteiger partial charge in [0, 0.05) is 24.0 Å². The van der Waals surface area contributed by atoms with Crippen molar-refractivity contribution in [3.8, 4) is 11.5 Å². The van der Waals surface area contributed by atoms with Gasteiger partial charge in [0.25, 0.3) is 5.91 Å². The van der Waals surface area contributed by atoms with Gasteiger partial charge in [-0.2, -0.15) is 0 Å². The van der Waals surface area contributed by atoms with Crippen LogP contribution in [0.15, 0.2) is 76.5 Å². The number of benzene rings is 3. The fourth-order valence-corrected chi connectivity index (χ4v) is 5.51. The number of fused-ring (bicyclic) bond motifs is 1. The van der Waals surface area contributed by atoms with E-state index in [4.69, 9.17) is 13.9 Å². The zero-order valence-electron chi connectivity index (χ0n) is 24.2. The second-order valence-electron chi connectivity index (χ2n) is 11.6. The molecule has 1 unspecified atom stereocenters. The van der Waals surface area contributed by atoms with Gasteiger partial charge in [0.2, 0.25) is 0 Å². The van der Waals surface area contributed by atoms with Gasteiger partial charge in [0.05, 0.1) is 18.0 Å². The summed E-state index contributed by atoms with van der Waals surface area (Å²) in [7, 11) is 0. The number of aromatic nitrogens is 1. The Hall–Kier alpha value is -4.86. The Morgan fingerprint density at radius 1 is 1.14 bits per heavy atom. The molecule has 0 saturated heterocycles. The monoisotopic (exact) mass is 587 g/mol. The van der Waals surface area contributed by atoms with Crippen LogP contribution in [0.5, 0.6) is 11.5 Å². The third-order valence-corrected chi connectivity index (χ3v) is 7.54. The number of carbonyl (C=O) groups is 1. The maximum absolute atomic E-state index is 16.2. The van der Waals surface area contributed by atoms with Crippen molar-refractivity contribution in [1.29, 1.82) is 0 Å². The number of nitrogens with one attached hydrogen (secondary N) is 1. The molecule has 43 heavy (non-hydrogen) atoms. The third-order valence-electron chi connectivity index (χ3n) is 7.54. The molecule has 2 aliphatic heterocycles. The molecule has 0 saturated carbocycles. The largest absolute Gasteiger partial charge is 0.506 e. The van der Waals surface area contributed by atoms with Gasteiger partial charge in [-0.1, -0.05) is 32.0 Å². The van der Waals surface area contributed by atoms with Crippen LogP contribution in [-0.4, -0.2) is 22.6 Å². The highest BCUT2D eigenvalue weighted by atomic mass is 19.1. The van der Waals surface area contributed by atoms with Gasteiger partial charge in [0.1, 0.15) is 53.0 Å². The van der Waals surface area contributed by atoms with Crippen LogP contribution in [0.3, 0.4) is 0 Å². The molecule has 0 bridgehead atoms. The highest BCUT2D eigenvalue weighted by Gasteiger charge is 2.43. The Kier molecular flexibility index (Phi) is 7.07. The summed E-state index contributed by atoms with van der Waals surface area (Å²) in [6.07, 6.45) is 0.525. The molecule has 3 aromatic carbocycles. The van der Waals surface area contributed by atoms with Gasteiger partial charge in [-0.15, -0.1) is 0 Å². The van der Waals surface area contributed by atoms with Crippen LogP contribution in [0, 0.1) is 30.9 Å². The summed E-state index contributed by atoms with van der Waals surface area (Å²) < 4.78 is 47.2. The van der Waals surface area contributed by atoms with Crippen LogP contribution in [-0.2, 0) is 11.3 Å². The molecule has 1 amide bonds. The molecule has 0 spiro atoms. The topological polar surface area (TPSA) is 97.1 Å². The number of phenols is 1. The van der Waals surface area contributed by atoms with Crippen molar-refractivity contribution in [2.24, 2.45) is 5.41 Å². The maximum Gasteiger partial charge on any atom is 0.281 e. The molecule has 222 valence electrons. The van der Waals surface area contributed by atoms with Crippen molar-refractivity contribution in [2.45, 2.75) is 46.8 Å². The third kappa shape index (κ3) is 5.40. The summed E-state index contributed by atoms with van der Waals surface area (Å²) >= 11 is 0. The van der Waals surface area contributed by atoms with Gasteiger partial charge < -0.3 is 24.3 Å². The van der Waals surface area contributed by atoms with Crippen LogP contribution < -0.4 is 15.0 Å². The number of aryl methyl sites for hydroxylation is 2. The lowest BCUT2D eigenvalue weighted by molar-refractivity contribution is 0.0756. The van der Waals surface area contributed by atoms with Crippen molar-refractivity contribution >= 4 is 17.3 Å². The van der Waals surface area contributed by atoms with Crippen LogP contribution in [0.4, 0.5) is 20.2 Å². The Morgan fingerprint density at radius 2 is 1.91 bits per heavy atom. The van der Waals surface area contributed by atoms with Gasteiger partial charge in [-0.3, -0.25) is 9.69 Å². The lowest BCUT2D eigenvalue weighted by atomic mass is 9.85. The zero-order chi connectivity index (χ0) is 30.5. The highest BCUT2D eigenvalue weighted by molar-refractivity contribution is 6.09. The Labute approximate surface area is 247 Å². The van der Waals surface area contributed by atoms with Crippen LogP contribution in [0.25, 0.3) is 0 Å². The zero-order valence-corrected chi connectivity index (χ0v) is 24.2. The van der Waals surface area contributed by atoms with E-state index in [9.17, 15) is 14.3 Å². The van der Waals surface area contributed by atoms with E-state index >= 15 is 4.39 Å². The second kappa shape index (κ2) is 10.8. The van der Waals surface area contributed by atoms with E-state index in [1.54, 1.807) is 50.2 Å². The minimum absolute atomic E-state index is 0.0663. The minimum atomic E-state index is -1.06. The molecule has 8 nitrogen and oxygen atoms in total. The summed E-state index contributed by atoms with van der Waals surface area (Å²) in [4.78, 5) is 20.1. The van der Waals surface area contributed by atoms with E-state index < -0.39 is 17.8 Å². The molecule has 1 atom stereocenters. The molecule has 3 heterocycles. The van der Waals surface area contributed by atoms with Crippen molar-refractivity contribution < 1.29 is 32.6 Å². The number of carbonyl (C=O) groups excluding carboxylic acids is 1. The second-order valence-corrected chi connectivity index (χ2v) is 11.6. The Balaban J connectivity index is 1.48. The molecule has 2 aliphatic rings. The molecule has 0 radical (unpaired) electrons. The number of hydrogen-bond acceptors (Lipinski definition) is 7. The molecular weight excluding hydrogens is 556 g/mol. The number of halogens is 2. The number of allylic oxidation sites excluding steroid dienone is 1. The lowest BCUT2D eigenvalue weighted by Crippen LogP contribution is -2.39. The number of anilines is 2. The van der Waals surface area contributed by atoms with E-state index in [0.29, 0.717) is 47.5 Å². The molecule has 2 N–H and O–H groups in total. The van der Waals surface area contributed by atoms with Crippen molar-refractivity contribution in [2.75, 3.05) is 16.8 Å². The standard InChI is InChI=1S/C33H31F2N3O5/c1-18-28(36-19(2)43-18)32(40)38-26-6-5-7-27(39)29(26)37-25-15-33(3,4)17-42-31(25)30(38)23-13-12-22(14-24(23)35)41-16-20-8-10-21(34)11-9-20/h5-14,30,37,39H,15-17H2,1-4H3. The van der Waals surface area contributed by atoms with Gasteiger partial charge >= 0.3 is 0 Å². The smallest absolute Gasteiger partial charge is 0.281 e. The number of amides is 1. The van der Waals surface area contributed by atoms with Gasteiger partial charge in [-0.05, 0) is 55.3 Å². The van der Waals surface area contributed by atoms with Crippen molar-refractivity contribution in [3.05, 3.63) is 112 Å². The van der Waals surface area contributed by atoms with Crippen LogP contribution >= 0.6 is 0 Å². The summed E-state index contributed by atoms with van der Waals surface area (Å²) in [6, 6.07) is 14.0. The molecular formula is C33H31F2N3O5. The average Bonchev–Trinajstić information content (AvgIpc) is 3.23. The molecule has 0 aliphatic carbocycles. The quantitative estimate of drug-likeness (QED) is 0.236. The number of ether oxygens (including phenoxy) is 2. The summed E-state index contributed by atoms with van der Waals surface area (Å²) in [5, 5.41) is 14.2. The van der Waals surface area contributed by atoms with Gasteiger partial charge in [-0.25, -0.2) is 13.8 Å². The first kappa shape index (κ1) is 28.3. The first-order valence-electron chi connectivity index (χ1n) is 13.9. The minimum Gasteiger partial charge on any atom is -0.506 e. The summed E-state index contributed by atoms with van der Waals surface area (Å²) in [6.45, 7) is 7.81. The van der Waals surface area contributed by atoms with E-state index in [2.05, 4.69) is 10.3 Å². The number of rotatable bonds is 5. The SMILES string of the molecule is Cc1nc(C(=O)N2c3cccc(O)c3NC3=C(OCC(C)(C)C3)C2c2ccc(OCc3ccc(F)cc3)cc2F)c(C)o1. The molecule has 6 rings (SSSR count). The van der Waals surface area contributed by atoms with Crippen molar-refractivity contribution in [3.63, 3.8) is 0 Å². The fraction of sp³-hybridized carbons (Fsp3) is 0.273. The molecule has 0 fully saturated rings. The number of para-hydroxylation sites is 1. The summed E-state index contributed by atoms with van der Waals surface area (Å²) in [5.41, 5.74) is 1.92. The maximum atomic E-state index is 16.2. The van der Waals surface area contributed by atoms with E-state index in [1.165, 1.54) is 29.2 Å². The number of nitrogens with zero attached hydrogens (tertiary/aromatic N) is 2. The average molecular weight is 588 g/mol. The number of hydrogen-bond donors (Lipinski definition) is 2. The number of oxazole rings is 1. The molecule has 4 aromatic rings. The molecule has 10 heteroatoms. The fourth-order valence-electron chi connectivity index (χ4n) is 5.51. The normalized spacial score (nSPS) is 17.3. The predicted octanol–water partition coefficient (Wildman–Crippen LogP) is 7.33. The number of aromatic hydroxyl groups is 1. The Morgan fingerprint density at radius 3 is 2.60 bits per heavy atom. The highest BCUT2D eigenvalue weighted by Crippen LogP contribution is 2.50. The van der Waals surface area contributed by atoms with E-state index in [-0.39, 0.29) is 40.6 Å². The summed E-state index contributed by atoms with van der Waals surface area (Å²) in [5.74, 6) is -0.372. The lowest BCUT2D eigenvalue weighted by Gasteiger charge is -2.37. The van der Waals surface area contributed by atoms with E-state index in [0.717, 1.165) is 5.56 Å². The Bertz CT molecular complexity index is 1750.